The standard InChI is InChI=1S/C21H19N3O3S/c1-13-8-9-15(10-14(13)2)17-7-5-4-6-16(17)12-22-24-21-23-20(26)18(28-21)11-19(25)27-3/h4-12H,1-3H3,(H,23,24,26)/b18-11+,22-12?. The topological polar surface area (TPSA) is 80.1 Å². The predicted molar refractivity (Wildman–Crippen MR) is 112 cm³/mol. The van der Waals surface area contributed by atoms with Crippen LogP contribution in [0.25, 0.3) is 11.1 Å². The number of nitrogens with one attached hydrogen (secondary N) is 1. The summed E-state index contributed by atoms with van der Waals surface area (Å²) in [5.41, 5.74) is 5.52. The van der Waals surface area contributed by atoms with Crippen molar-refractivity contribution >= 4 is 35.0 Å². The summed E-state index contributed by atoms with van der Waals surface area (Å²) in [6, 6.07) is 14.2. The van der Waals surface area contributed by atoms with Gasteiger partial charge in [0, 0.05) is 11.6 Å². The van der Waals surface area contributed by atoms with Gasteiger partial charge in [-0.1, -0.05) is 42.5 Å². The van der Waals surface area contributed by atoms with Gasteiger partial charge >= 0.3 is 5.97 Å². The molecule has 0 saturated carbocycles. The summed E-state index contributed by atoms with van der Waals surface area (Å²) in [6.07, 6.45) is 2.77. The SMILES string of the molecule is COC(=O)/C=C1/S/C(=N\N=Cc2ccccc2-c2ccc(C)c(C)c2)NC1=O. The number of nitrogens with zero attached hydrogens (tertiary/aromatic N) is 2. The van der Waals surface area contributed by atoms with Gasteiger partial charge in [-0.05, 0) is 47.9 Å². The first-order chi connectivity index (χ1) is 13.5. The number of methoxy groups -OCH3 is 1. The molecule has 0 atom stereocenters. The van der Waals surface area contributed by atoms with E-state index in [4.69, 9.17) is 0 Å². The Kier molecular flexibility index (Phi) is 6.06. The average Bonchev–Trinajstić information content (AvgIpc) is 3.03. The summed E-state index contributed by atoms with van der Waals surface area (Å²) in [5, 5.41) is 11.0. The van der Waals surface area contributed by atoms with Crippen molar-refractivity contribution in [1.82, 2.24) is 5.32 Å². The van der Waals surface area contributed by atoms with E-state index >= 15 is 0 Å². The molecular formula is C21H19N3O3S. The lowest BCUT2D eigenvalue weighted by atomic mass is 9.97. The molecule has 1 aliphatic heterocycles. The molecular weight excluding hydrogens is 374 g/mol. The molecule has 0 aromatic heterocycles. The fourth-order valence-electron chi connectivity index (χ4n) is 2.57. The normalized spacial score (nSPS) is 16.8. The van der Waals surface area contributed by atoms with Crippen molar-refractivity contribution in [3.8, 4) is 11.1 Å². The van der Waals surface area contributed by atoms with Gasteiger partial charge in [0.05, 0.1) is 18.2 Å². The Morgan fingerprint density at radius 2 is 1.93 bits per heavy atom. The average molecular weight is 393 g/mol. The van der Waals surface area contributed by atoms with Crippen molar-refractivity contribution < 1.29 is 14.3 Å². The van der Waals surface area contributed by atoms with Gasteiger partial charge in [-0.25, -0.2) is 4.79 Å². The second-order valence-corrected chi connectivity index (χ2v) is 7.15. The minimum Gasteiger partial charge on any atom is -0.466 e. The summed E-state index contributed by atoms with van der Waals surface area (Å²) in [4.78, 5) is 23.3. The number of thioether (sulfide) groups is 1. The summed E-state index contributed by atoms with van der Waals surface area (Å²) in [5.74, 6) is -0.996. The van der Waals surface area contributed by atoms with Gasteiger partial charge in [0.2, 0.25) is 0 Å². The van der Waals surface area contributed by atoms with Crippen molar-refractivity contribution in [3.63, 3.8) is 0 Å². The molecule has 7 heteroatoms. The fourth-order valence-corrected chi connectivity index (χ4v) is 3.30. The van der Waals surface area contributed by atoms with E-state index in [0.29, 0.717) is 5.17 Å². The number of carbonyl (C=O) groups excluding carboxylic acids is 2. The van der Waals surface area contributed by atoms with Crippen LogP contribution in [0, 0.1) is 13.8 Å². The zero-order valence-electron chi connectivity index (χ0n) is 15.7. The molecule has 1 aliphatic rings. The van der Waals surface area contributed by atoms with Gasteiger partial charge in [0.1, 0.15) is 0 Å². The highest BCUT2D eigenvalue weighted by Crippen LogP contribution is 2.26. The maximum atomic E-state index is 11.8. The number of carbonyl (C=O) groups is 2. The van der Waals surface area contributed by atoms with Crippen LogP contribution in [0.3, 0.4) is 0 Å². The first-order valence-electron chi connectivity index (χ1n) is 8.54. The maximum absolute atomic E-state index is 11.8. The lowest BCUT2D eigenvalue weighted by Crippen LogP contribution is -2.19. The van der Waals surface area contributed by atoms with E-state index in [0.717, 1.165) is 34.5 Å². The lowest BCUT2D eigenvalue weighted by Gasteiger charge is -2.08. The van der Waals surface area contributed by atoms with E-state index in [-0.39, 0.29) is 4.91 Å². The van der Waals surface area contributed by atoms with Crippen LogP contribution < -0.4 is 5.32 Å². The second kappa shape index (κ2) is 8.67. The minimum absolute atomic E-state index is 0.219. The van der Waals surface area contributed by atoms with Crippen LogP contribution in [0.5, 0.6) is 0 Å². The van der Waals surface area contributed by atoms with Crippen molar-refractivity contribution in [2.24, 2.45) is 10.2 Å². The number of ether oxygens (including phenoxy) is 1. The number of benzene rings is 2. The molecule has 2 aromatic carbocycles. The van der Waals surface area contributed by atoms with Crippen molar-refractivity contribution in [2.75, 3.05) is 7.11 Å². The van der Waals surface area contributed by atoms with E-state index in [1.54, 1.807) is 6.21 Å². The van der Waals surface area contributed by atoms with Crippen LogP contribution >= 0.6 is 11.8 Å². The Bertz CT molecular complexity index is 1030. The minimum atomic E-state index is -0.593. The zero-order valence-corrected chi connectivity index (χ0v) is 16.5. The van der Waals surface area contributed by atoms with Crippen LogP contribution in [0.2, 0.25) is 0 Å². The monoisotopic (exact) mass is 393 g/mol. The number of aryl methyl sites for hydroxylation is 2. The lowest BCUT2D eigenvalue weighted by molar-refractivity contribution is -0.135. The third-order valence-corrected chi connectivity index (χ3v) is 5.13. The molecule has 1 fully saturated rings. The van der Waals surface area contributed by atoms with Crippen molar-refractivity contribution in [2.45, 2.75) is 13.8 Å². The summed E-state index contributed by atoms with van der Waals surface area (Å²) >= 11 is 1.04. The smallest absolute Gasteiger partial charge is 0.331 e. The van der Waals surface area contributed by atoms with Crippen LogP contribution in [0.1, 0.15) is 16.7 Å². The first-order valence-corrected chi connectivity index (χ1v) is 9.36. The number of hydrogen-bond acceptors (Lipinski definition) is 6. The maximum Gasteiger partial charge on any atom is 0.331 e. The highest BCUT2D eigenvalue weighted by atomic mass is 32.2. The molecule has 1 saturated heterocycles. The molecule has 3 rings (SSSR count). The molecule has 6 nitrogen and oxygen atoms in total. The number of amides is 1. The zero-order chi connectivity index (χ0) is 20.1. The molecule has 0 radical (unpaired) electrons. The Morgan fingerprint density at radius 1 is 1.14 bits per heavy atom. The molecule has 142 valence electrons. The number of esters is 1. The predicted octanol–water partition coefficient (Wildman–Crippen LogP) is 3.58. The van der Waals surface area contributed by atoms with Crippen LogP contribution in [-0.4, -0.2) is 30.4 Å². The molecule has 0 unspecified atom stereocenters. The molecule has 1 heterocycles. The van der Waals surface area contributed by atoms with E-state index in [2.05, 4.69) is 52.3 Å². The third kappa shape index (κ3) is 4.55. The Labute approximate surface area is 167 Å². The highest BCUT2D eigenvalue weighted by molar-refractivity contribution is 8.18. The van der Waals surface area contributed by atoms with Gasteiger partial charge in [0.15, 0.2) is 5.17 Å². The van der Waals surface area contributed by atoms with Crippen molar-refractivity contribution in [1.29, 1.82) is 0 Å². The number of hydrogen-bond donors (Lipinski definition) is 1. The summed E-state index contributed by atoms with van der Waals surface area (Å²) < 4.78 is 4.53. The Morgan fingerprint density at radius 3 is 2.68 bits per heavy atom. The third-order valence-electron chi connectivity index (χ3n) is 4.23. The molecule has 2 aromatic rings. The van der Waals surface area contributed by atoms with E-state index < -0.39 is 11.9 Å². The first kappa shape index (κ1) is 19.6. The number of amidine groups is 1. The second-order valence-electron chi connectivity index (χ2n) is 6.12. The highest BCUT2D eigenvalue weighted by Gasteiger charge is 2.25. The van der Waals surface area contributed by atoms with Gasteiger partial charge in [-0.2, -0.15) is 5.10 Å². The Balaban J connectivity index is 1.81. The van der Waals surface area contributed by atoms with Crippen LogP contribution in [0.15, 0.2) is 63.6 Å². The van der Waals surface area contributed by atoms with Gasteiger partial charge in [0.25, 0.3) is 5.91 Å². The molecule has 1 amide bonds. The van der Waals surface area contributed by atoms with E-state index in [9.17, 15) is 9.59 Å². The van der Waals surface area contributed by atoms with Crippen LogP contribution in [-0.2, 0) is 14.3 Å². The molecule has 1 N–H and O–H groups in total. The summed E-state index contributed by atoms with van der Waals surface area (Å²) in [6.45, 7) is 4.17. The van der Waals surface area contributed by atoms with Gasteiger partial charge in [-0.3, -0.25) is 10.1 Å². The summed E-state index contributed by atoms with van der Waals surface area (Å²) in [7, 11) is 1.25. The molecule has 28 heavy (non-hydrogen) atoms. The Hall–Kier alpha value is -3.19. The molecule has 0 bridgehead atoms. The van der Waals surface area contributed by atoms with E-state index in [1.807, 2.05) is 24.3 Å². The van der Waals surface area contributed by atoms with Crippen LogP contribution in [0.4, 0.5) is 0 Å². The fraction of sp³-hybridized carbons (Fsp3) is 0.143. The van der Waals surface area contributed by atoms with Gasteiger partial charge in [-0.15, -0.1) is 5.10 Å². The van der Waals surface area contributed by atoms with Crippen molar-refractivity contribution in [3.05, 3.63) is 70.1 Å². The quantitative estimate of drug-likeness (QED) is 0.373. The number of rotatable bonds is 4. The molecule has 0 spiro atoms. The van der Waals surface area contributed by atoms with Gasteiger partial charge < -0.3 is 4.74 Å². The largest absolute Gasteiger partial charge is 0.466 e. The van der Waals surface area contributed by atoms with E-state index in [1.165, 1.54) is 18.2 Å². The molecule has 0 aliphatic carbocycles.